The predicted molar refractivity (Wildman–Crippen MR) is 88.3 cm³/mol. The van der Waals surface area contributed by atoms with Crippen LogP contribution >= 0.6 is 0 Å². The number of carboxylic acids is 1. The SMILES string of the molecule is CCCCc1ccc(-c2cc(C3(C(=O)O)CCCC3)no2)cc1. The standard InChI is InChI=1S/C19H23NO3/c1-2-3-6-14-7-9-15(10-8-14)16-13-17(20-23-16)19(18(21)22)11-4-5-12-19/h7-10,13H,2-6,11-12H2,1H3,(H,21,22). The van der Waals surface area contributed by atoms with Gasteiger partial charge in [-0.05, 0) is 31.2 Å². The highest BCUT2D eigenvalue weighted by atomic mass is 16.5. The van der Waals surface area contributed by atoms with Gasteiger partial charge in [-0.25, -0.2) is 0 Å². The summed E-state index contributed by atoms with van der Waals surface area (Å²) in [5.41, 5.74) is 1.96. The molecule has 23 heavy (non-hydrogen) atoms. The number of aromatic nitrogens is 1. The molecule has 0 amide bonds. The van der Waals surface area contributed by atoms with Gasteiger partial charge in [-0.15, -0.1) is 0 Å². The third-order valence-corrected chi connectivity index (χ3v) is 4.92. The Morgan fingerprint density at radius 2 is 1.96 bits per heavy atom. The minimum Gasteiger partial charge on any atom is -0.481 e. The molecule has 2 aromatic rings. The lowest BCUT2D eigenvalue weighted by molar-refractivity contribution is -0.143. The van der Waals surface area contributed by atoms with Gasteiger partial charge in [0.1, 0.15) is 11.1 Å². The fourth-order valence-corrected chi connectivity index (χ4v) is 3.41. The van der Waals surface area contributed by atoms with Crippen molar-refractivity contribution in [1.29, 1.82) is 0 Å². The lowest BCUT2D eigenvalue weighted by Crippen LogP contribution is -2.32. The molecule has 4 heteroatoms. The largest absolute Gasteiger partial charge is 0.481 e. The number of hydrogen-bond donors (Lipinski definition) is 1. The maximum Gasteiger partial charge on any atom is 0.315 e. The van der Waals surface area contributed by atoms with Gasteiger partial charge in [0.2, 0.25) is 0 Å². The van der Waals surface area contributed by atoms with E-state index in [9.17, 15) is 9.90 Å². The van der Waals surface area contributed by atoms with E-state index in [-0.39, 0.29) is 0 Å². The quantitative estimate of drug-likeness (QED) is 0.847. The Morgan fingerprint density at radius 3 is 2.57 bits per heavy atom. The molecule has 0 bridgehead atoms. The molecule has 1 N–H and O–H groups in total. The van der Waals surface area contributed by atoms with Crippen LogP contribution in [0, 0.1) is 0 Å². The summed E-state index contributed by atoms with van der Waals surface area (Å²) in [7, 11) is 0. The number of aryl methyl sites for hydroxylation is 1. The first kappa shape index (κ1) is 15.8. The van der Waals surface area contributed by atoms with Crippen LogP contribution in [0.4, 0.5) is 0 Å². The van der Waals surface area contributed by atoms with Crippen molar-refractivity contribution in [3.8, 4) is 11.3 Å². The molecule has 1 aromatic carbocycles. The maximum absolute atomic E-state index is 11.7. The van der Waals surface area contributed by atoms with Gasteiger partial charge in [-0.1, -0.05) is 55.6 Å². The van der Waals surface area contributed by atoms with Crippen LogP contribution in [0.15, 0.2) is 34.9 Å². The van der Waals surface area contributed by atoms with E-state index < -0.39 is 11.4 Å². The molecule has 1 aliphatic rings. The van der Waals surface area contributed by atoms with Gasteiger partial charge in [-0.2, -0.15) is 0 Å². The lowest BCUT2D eigenvalue weighted by atomic mass is 9.82. The molecular formula is C19H23NO3. The Morgan fingerprint density at radius 1 is 1.26 bits per heavy atom. The first-order valence-electron chi connectivity index (χ1n) is 8.45. The van der Waals surface area contributed by atoms with Crippen LogP contribution in [0.25, 0.3) is 11.3 Å². The van der Waals surface area contributed by atoms with Crippen LogP contribution in [0.1, 0.15) is 56.7 Å². The fourth-order valence-electron chi connectivity index (χ4n) is 3.41. The Bertz CT molecular complexity index is 666. The first-order chi connectivity index (χ1) is 11.2. The summed E-state index contributed by atoms with van der Waals surface area (Å²) in [6.45, 7) is 2.19. The number of unbranched alkanes of at least 4 members (excludes halogenated alkanes) is 1. The molecule has 1 saturated carbocycles. The fraction of sp³-hybridized carbons (Fsp3) is 0.474. The minimum atomic E-state index is -0.858. The Kier molecular flexibility index (Phi) is 4.51. The molecule has 0 unspecified atom stereocenters. The normalized spacial score (nSPS) is 16.6. The van der Waals surface area contributed by atoms with E-state index in [1.807, 2.05) is 12.1 Å². The van der Waals surface area contributed by atoms with Crippen molar-refractivity contribution < 1.29 is 14.4 Å². The van der Waals surface area contributed by atoms with Crippen molar-refractivity contribution in [2.75, 3.05) is 0 Å². The highest BCUT2D eigenvalue weighted by molar-refractivity contribution is 5.81. The van der Waals surface area contributed by atoms with Crippen LogP contribution in [0.5, 0.6) is 0 Å². The van der Waals surface area contributed by atoms with E-state index in [0.717, 1.165) is 24.8 Å². The molecule has 0 aliphatic heterocycles. The van der Waals surface area contributed by atoms with Crippen molar-refractivity contribution in [3.05, 3.63) is 41.6 Å². The van der Waals surface area contributed by atoms with Gasteiger partial charge >= 0.3 is 5.97 Å². The van der Waals surface area contributed by atoms with Gasteiger partial charge in [-0.3, -0.25) is 4.79 Å². The van der Waals surface area contributed by atoms with Crippen molar-refractivity contribution in [2.45, 2.75) is 57.3 Å². The molecular weight excluding hydrogens is 290 g/mol. The highest BCUT2D eigenvalue weighted by Gasteiger charge is 2.45. The minimum absolute atomic E-state index is 0.563. The topological polar surface area (TPSA) is 63.3 Å². The summed E-state index contributed by atoms with van der Waals surface area (Å²) in [5, 5.41) is 13.7. The number of nitrogens with zero attached hydrogens (tertiary/aromatic N) is 1. The second-order valence-corrected chi connectivity index (χ2v) is 6.47. The average molecular weight is 313 g/mol. The van der Waals surface area contributed by atoms with Crippen LogP contribution in [-0.4, -0.2) is 16.2 Å². The number of carbonyl (C=O) groups is 1. The molecule has 0 atom stereocenters. The van der Waals surface area contributed by atoms with Crippen molar-refractivity contribution >= 4 is 5.97 Å². The van der Waals surface area contributed by atoms with Crippen molar-refractivity contribution in [1.82, 2.24) is 5.16 Å². The molecule has 1 heterocycles. The number of aliphatic carboxylic acids is 1. The van der Waals surface area contributed by atoms with Gasteiger partial charge in [0.05, 0.1) is 0 Å². The molecule has 0 spiro atoms. The van der Waals surface area contributed by atoms with E-state index in [0.29, 0.717) is 24.3 Å². The van der Waals surface area contributed by atoms with Crippen LogP contribution in [0.2, 0.25) is 0 Å². The highest BCUT2D eigenvalue weighted by Crippen LogP contribution is 2.41. The summed E-state index contributed by atoms with van der Waals surface area (Å²) < 4.78 is 5.45. The maximum atomic E-state index is 11.7. The van der Waals surface area contributed by atoms with E-state index in [1.54, 1.807) is 6.07 Å². The molecule has 4 nitrogen and oxygen atoms in total. The van der Waals surface area contributed by atoms with Crippen LogP contribution in [0.3, 0.4) is 0 Å². The third-order valence-electron chi connectivity index (χ3n) is 4.92. The van der Waals surface area contributed by atoms with Crippen LogP contribution < -0.4 is 0 Å². The Labute approximate surface area is 136 Å². The van der Waals surface area contributed by atoms with Gasteiger partial charge in [0, 0.05) is 11.6 Å². The summed E-state index contributed by atoms with van der Waals surface area (Å²) >= 11 is 0. The third kappa shape index (κ3) is 3.03. The molecule has 1 aromatic heterocycles. The molecule has 0 radical (unpaired) electrons. The van der Waals surface area contributed by atoms with Crippen molar-refractivity contribution in [2.24, 2.45) is 0 Å². The molecule has 1 fully saturated rings. The van der Waals surface area contributed by atoms with E-state index >= 15 is 0 Å². The van der Waals surface area contributed by atoms with Crippen LogP contribution in [-0.2, 0) is 16.6 Å². The number of rotatable bonds is 6. The van der Waals surface area contributed by atoms with Gasteiger partial charge in [0.25, 0.3) is 0 Å². The summed E-state index contributed by atoms with van der Waals surface area (Å²) in [6, 6.07) is 10.1. The number of hydrogen-bond acceptors (Lipinski definition) is 3. The smallest absolute Gasteiger partial charge is 0.315 e. The average Bonchev–Trinajstić information content (AvgIpc) is 3.23. The van der Waals surface area contributed by atoms with E-state index in [2.05, 4.69) is 24.2 Å². The second kappa shape index (κ2) is 6.57. The Balaban J connectivity index is 1.83. The van der Waals surface area contributed by atoms with Gasteiger partial charge in [0.15, 0.2) is 5.76 Å². The van der Waals surface area contributed by atoms with Gasteiger partial charge < -0.3 is 9.63 Å². The molecule has 122 valence electrons. The second-order valence-electron chi connectivity index (χ2n) is 6.47. The summed E-state index contributed by atoms with van der Waals surface area (Å²) in [4.78, 5) is 11.7. The zero-order chi connectivity index (χ0) is 16.3. The lowest BCUT2D eigenvalue weighted by Gasteiger charge is -2.19. The summed E-state index contributed by atoms with van der Waals surface area (Å²) in [5.74, 6) is -0.140. The Hall–Kier alpha value is -2.10. The van der Waals surface area contributed by atoms with Crippen molar-refractivity contribution in [3.63, 3.8) is 0 Å². The molecule has 3 rings (SSSR count). The molecule has 0 saturated heterocycles. The zero-order valence-electron chi connectivity index (χ0n) is 13.5. The predicted octanol–water partition coefficient (Wildman–Crippen LogP) is 4.58. The van der Waals surface area contributed by atoms with E-state index in [4.69, 9.17) is 4.52 Å². The monoisotopic (exact) mass is 313 g/mol. The van der Waals surface area contributed by atoms with E-state index in [1.165, 1.54) is 18.4 Å². The number of carboxylic acid groups (broad SMARTS) is 1. The summed E-state index contributed by atoms with van der Waals surface area (Å²) in [6.07, 6.45) is 6.60. The zero-order valence-corrected chi connectivity index (χ0v) is 13.5. The molecule has 1 aliphatic carbocycles. The first-order valence-corrected chi connectivity index (χ1v) is 8.45. The number of benzene rings is 1.